The van der Waals surface area contributed by atoms with Crippen LogP contribution in [0.25, 0.3) is 0 Å². The van der Waals surface area contributed by atoms with E-state index in [0.29, 0.717) is 18.0 Å². The van der Waals surface area contributed by atoms with Crippen molar-refractivity contribution < 1.29 is 32.7 Å². The Morgan fingerprint density at radius 2 is 1.62 bits per heavy atom. The van der Waals surface area contributed by atoms with Crippen LogP contribution in [0, 0.1) is 5.92 Å². The molecule has 1 fully saturated rings. The number of alkyl halides is 3. The summed E-state index contributed by atoms with van der Waals surface area (Å²) < 4.78 is 31.5. The highest BCUT2D eigenvalue weighted by molar-refractivity contribution is 5.96. The number of amides is 1. The van der Waals surface area contributed by atoms with Gasteiger partial charge in [-0.15, -0.1) is 0 Å². The van der Waals surface area contributed by atoms with Crippen molar-refractivity contribution in [2.24, 2.45) is 5.92 Å². The number of carboxylic acids is 1. The van der Waals surface area contributed by atoms with Crippen molar-refractivity contribution in [1.82, 2.24) is 4.90 Å². The summed E-state index contributed by atoms with van der Waals surface area (Å²) in [7, 11) is 0. The van der Waals surface area contributed by atoms with Crippen LogP contribution >= 0.6 is 0 Å². The molecule has 1 aromatic rings. The Balaban J connectivity index is 0.000000412. The predicted molar refractivity (Wildman–Crippen MR) is 85.8 cm³/mol. The Morgan fingerprint density at radius 1 is 1.15 bits per heavy atom. The van der Waals surface area contributed by atoms with Gasteiger partial charge < -0.3 is 20.5 Å². The first-order valence-electron chi connectivity index (χ1n) is 7.93. The van der Waals surface area contributed by atoms with Crippen molar-refractivity contribution in [3.63, 3.8) is 0 Å². The average Bonchev–Trinajstić information content (AvgIpc) is 2.55. The zero-order chi connectivity index (χ0) is 19.9. The SMILES string of the molecule is CC(=O)N1CCC(CC(=O)c2ccc(N)cc2)CC1.O=C([O-])C(F)(F)F. The maximum absolute atomic E-state index is 12.1. The summed E-state index contributed by atoms with van der Waals surface area (Å²) in [5, 5.41) is 8.78. The Bertz CT molecular complexity index is 636. The molecule has 1 aliphatic heterocycles. The molecule has 26 heavy (non-hydrogen) atoms. The van der Waals surface area contributed by atoms with Gasteiger partial charge in [-0.3, -0.25) is 9.59 Å². The standard InChI is InChI=1S/C15H20N2O2.C2HF3O2/c1-11(18)17-8-6-12(7-9-17)10-15(19)13-2-4-14(16)5-3-13;3-2(4,5)1(6)7/h2-5,12H,6-10,16H2,1H3;(H,6,7)/p-1. The van der Waals surface area contributed by atoms with Crippen molar-refractivity contribution in [3.8, 4) is 0 Å². The molecule has 144 valence electrons. The van der Waals surface area contributed by atoms with E-state index >= 15 is 0 Å². The Kier molecular flexibility index (Phi) is 7.60. The van der Waals surface area contributed by atoms with Crippen LogP contribution in [-0.2, 0) is 9.59 Å². The highest BCUT2D eigenvalue weighted by Gasteiger charge is 2.28. The number of nitrogens with two attached hydrogens (primary N) is 1. The van der Waals surface area contributed by atoms with Crippen LogP contribution in [0.5, 0.6) is 0 Å². The van der Waals surface area contributed by atoms with Crippen molar-refractivity contribution >= 4 is 23.3 Å². The molecule has 1 aliphatic rings. The van der Waals surface area contributed by atoms with Gasteiger partial charge in [0, 0.05) is 37.7 Å². The van der Waals surface area contributed by atoms with Gasteiger partial charge in [-0.2, -0.15) is 13.2 Å². The van der Waals surface area contributed by atoms with Crippen LogP contribution in [0.15, 0.2) is 24.3 Å². The number of ketones is 1. The van der Waals surface area contributed by atoms with Crippen LogP contribution in [0.2, 0.25) is 0 Å². The fourth-order valence-corrected chi connectivity index (χ4v) is 2.50. The van der Waals surface area contributed by atoms with Gasteiger partial charge in [0.25, 0.3) is 0 Å². The number of Topliss-reactive ketones (excluding diaryl/α,β-unsaturated/α-hetero) is 1. The topological polar surface area (TPSA) is 104 Å². The number of rotatable bonds is 3. The van der Waals surface area contributed by atoms with Crippen LogP contribution in [-0.4, -0.2) is 41.8 Å². The number of nitrogen functional groups attached to an aromatic ring is 1. The minimum absolute atomic E-state index is 0.128. The molecule has 0 saturated carbocycles. The number of carboxylic acid groups (broad SMARTS) is 1. The first kappa shape index (κ1) is 21.5. The molecular formula is C17H20F3N2O4-. The number of hydrogen-bond acceptors (Lipinski definition) is 5. The van der Waals surface area contributed by atoms with Gasteiger partial charge in [-0.1, -0.05) is 0 Å². The molecular weight excluding hydrogens is 353 g/mol. The van der Waals surface area contributed by atoms with Gasteiger partial charge in [0.2, 0.25) is 5.91 Å². The first-order chi connectivity index (χ1) is 12.0. The van der Waals surface area contributed by atoms with Gasteiger partial charge in [-0.25, -0.2) is 0 Å². The summed E-state index contributed by atoms with van der Waals surface area (Å²) in [6, 6.07) is 7.07. The molecule has 2 N–H and O–H groups in total. The van der Waals surface area contributed by atoms with Crippen LogP contribution in [0.1, 0.15) is 36.5 Å². The smallest absolute Gasteiger partial charge is 0.430 e. The molecule has 0 aromatic heterocycles. The van der Waals surface area contributed by atoms with Crippen LogP contribution in [0.3, 0.4) is 0 Å². The Labute approximate surface area is 148 Å². The zero-order valence-electron chi connectivity index (χ0n) is 14.2. The minimum atomic E-state index is -5.19. The second-order valence-electron chi connectivity index (χ2n) is 5.98. The molecule has 0 aliphatic carbocycles. The third-order valence-corrected chi connectivity index (χ3v) is 4.00. The fraction of sp³-hybridized carbons (Fsp3) is 0.471. The van der Waals surface area contributed by atoms with E-state index in [2.05, 4.69) is 0 Å². The summed E-state index contributed by atoms with van der Waals surface area (Å²) in [6.07, 6.45) is -2.80. The second kappa shape index (κ2) is 9.21. The number of halogens is 3. The molecule has 9 heteroatoms. The molecule has 0 atom stereocenters. The summed E-state index contributed by atoms with van der Waals surface area (Å²) >= 11 is 0. The van der Waals surface area contributed by atoms with E-state index in [-0.39, 0.29) is 11.7 Å². The van der Waals surface area contributed by atoms with Gasteiger partial charge in [-0.05, 0) is 43.0 Å². The van der Waals surface area contributed by atoms with Crippen molar-refractivity contribution in [1.29, 1.82) is 0 Å². The lowest BCUT2D eigenvalue weighted by Crippen LogP contribution is -2.37. The summed E-state index contributed by atoms with van der Waals surface area (Å²) in [5.74, 6) is -2.32. The van der Waals surface area contributed by atoms with E-state index in [4.69, 9.17) is 15.6 Å². The third-order valence-electron chi connectivity index (χ3n) is 4.00. The number of piperidine rings is 1. The maximum Gasteiger partial charge on any atom is 0.430 e. The van der Waals surface area contributed by atoms with Crippen molar-refractivity contribution in [3.05, 3.63) is 29.8 Å². The molecule has 1 saturated heterocycles. The largest absolute Gasteiger partial charge is 0.542 e. The predicted octanol–water partition coefficient (Wildman–Crippen LogP) is 1.40. The van der Waals surface area contributed by atoms with E-state index < -0.39 is 12.1 Å². The number of aliphatic carboxylic acids is 1. The molecule has 2 rings (SSSR count). The van der Waals surface area contributed by atoms with E-state index in [1.54, 1.807) is 31.2 Å². The lowest BCUT2D eigenvalue weighted by Gasteiger charge is -2.30. The summed E-state index contributed by atoms with van der Waals surface area (Å²) in [6.45, 7) is 3.14. The van der Waals surface area contributed by atoms with Gasteiger partial charge in [0.15, 0.2) is 5.78 Å². The van der Waals surface area contributed by atoms with Gasteiger partial charge in [0.1, 0.15) is 5.97 Å². The third kappa shape index (κ3) is 7.12. The molecule has 0 bridgehead atoms. The van der Waals surface area contributed by atoms with Gasteiger partial charge in [0.05, 0.1) is 0 Å². The molecule has 1 aromatic carbocycles. The van der Waals surface area contributed by atoms with E-state index in [1.165, 1.54) is 0 Å². The molecule has 6 nitrogen and oxygen atoms in total. The van der Waals surface area contributed by atoms with Crippen LogP contribution in [0.4, 0.5) is 18.9 Å². The van der Waals surface area contributed by atoms with E-state index in [9.17, 15) is 22.8 Å². The average molecular weight is 373 g/mol. The minimum Gasteiger partial charge on any atom is -0.542 e. The molecule has 0 unspecified atom stereocenters. The number of benzene rings is 1. The second-order valence-corrected chi connectivity index (χ2v) is 5.98. The number of carbonyl (C=O) groups excluding carboxylic acids is 3. The van der Waals surface area contributed by atoms with Crippen molar-refractivity contribution in [2.45, 2.75) is 32.4 Å². The van der Waals surface area contributed by atoms with Crippen LogP contribution < -0.4 is 10.8 Å². The normalized spacial score (nSPS) is 15.0. The summed E-state index contributed by atoms with van der Waals surface area (Å²) in [4.78, 5) is 34.0. The van der Waals surface area contributed by atoms with Crippen molar-refractivity contribution in [2.75, 3.05) is 18.8 Å². The number of anilines is 1. The number of likely N-dealkylation sites (tertiary alicyclic amines) is 1. The molecule has 1 heterocycles. The Morgan fingerprint density at radius 3 is 2.00 bits per heavy atom. The van der Waals surface area contributed by atoms with E-state index in [1.807, 2.05) is 4.90 Å². The first-order valence-corrected chi connectivity index (χ1v) is 7.93. The zero-order valence-corrected chi connectivity index (χ0v) is 14.2. The number of carbonyl (C=O) groups is 3. The number of hydrogen-bond donors (Lipinski definition) is 1. The lowest BCUT2D eigenvalue weighted by atomic mass is 9.90. The summed E-state index contributed by atoms with van der Waals surface area (Å²) in [5.41, 5.74) is 7.00. The Hall–Kier alpha value is -2.58. The highest BCUT2D eigenvalue weighted by atomic mass is 19.4. The molecule has 1 amide bonds. The molecule has 0 spiro atoms. The quantitative estimate of drug-likeness (QED) is 0.637. The number of nitrogens with zero attached hydrogens (tertiary/aromatic N) is 1. The highest BCUT2D eigenvalue weighted by Crippen LogP contribution is 2.22. The monoisotopic (exact) mass is 373 g/mol. The lowest BCUT2D eigenvalue weighted by molar-refractivity contribution is -0.344. The fourth-order valence-electron chi connectivity index (χ4n) is 2.50. The maximum atomic E-state index is 12.1. The van der Waals surface area contributed by atoms with Gasteiger partial charge >= 0.3 is 6.18 Å². The molecule has 0 radical (unpaired) electrons. The van der Waals surface area contributed by atoms with E-state index in [0.717, 1.165) is 31.5 Å².